The molecule has 0 saturated carbocycles. The van der Waals surface area contributed by atoms with E-state index in [4.69, 9.17) is 0 Å². The topological polar surface area (TPSA) is 17.8 Å². The summed E-state index contributed by atoms with van der Waals surface area (Å²) >= 11 is 0. The van der Waals surface area contributed by atoms with Gasteiger partial charge in [-0.05, 0) is 12.1 Å². The minimum Gasteiger partial charge on any atom is -0.319 e. The first-order valence-electron chi connectivity index (χ1n) is 3.81. The highest BCUT2D eigenvalue weighted by molar-refractivity contribution is 5.74. The van der Waals surface area contributed by atoms with Gasteiger partial charge in [0.2, 0.25) is 0 Å². The third-order valence-electron chi connectivity index (χ3n) is 1.77. The monoisotopic (exact) mass is 163 g/mol. The Morgan fingerprint density at radius 2 is 2.25 bits per heavy atom. The van der Waals surface area contributed by atoms with E-state index in [0.717, 1.165) is 11.0 Å². The van der Waals surface area contributed by atoms with Crippen LogP contribution in [0.2, 0.25) is 0 Å². The molecule has 0 fully saturated rings. The van der Waals surface area contributed by atoms with Gasteiger partial charge in [0.1, 0.15) is 6.67 Å². The molecule has 0 unspecified atom stereocenters. The molecule has 1 heterocycles. The second-order valence-corrected chi connectivity index (χ2v) is 2.54. The molecule has 3 heteroatoms. The first-order valence-corrected chi connectivity index (χ1v) is 3.81. The number of aromatic nitrogens is 2. The van der Waals surface area contributed by atoms with Gasteiger partial charge < -0.3 is 4.57 Å². The van der Waals surface area contributed by atoms with E-state index in [-0.39, 0.29) is 6.67 Å². The van der Waals surface area contributed by atoms with Crippen molar-refractivity contribution >= 4 is 11.0 Å². The predicted molar refractivity (Wildman–Crippen MR) is 44.5 cm³/mol. The molecule has 0 amide bonds. The van der Waals surface area contributed by atoms with Gasteiger partial charge >= 0.3 is 0 Å². The van der Waals surface area contributed by atoms with E-state index in [9.17, 15) is 4.39 Å². The maximum atomic E-state index is 12.0. The van der Waals surface area contributed by atoms with Crippen molar-refractivity contribution in [1.29, 1.82) is 0 Å². The molecule has 0 saturated heterocycles. The Labute approximate surface area is 69.6 Å². The third-order valence-corrected chi connectivity index (χ3v) is 1.77. The number of hydrogen-bond acceptors (Lipinski definition) is 1. The molecule has 1 aromatic carbocycles. The second-order valence-electron chi connectivity index (χ2n) is 2.54. The zero-order chi connectivity index (χ0) is 8.39. The molecule has 2 nitrogen and oxygen atoms in total. The quantitative estimate of drug-likeness (QED) is 0.660. The van der Waals surface area contributed by atoms with Crippen molar-refractivity contribution in [2.24, 2.45) is 0 Å². The number of imidazole rings is 1. The summed E-state index contributed by atoms with van der Waals surface area (Å²) in [4.78, 5) is 4.01. The Hall–Kier alpha value is -1.38. The molecule has 1 radical (unpaired) electrons. The normalized spacial score (nSPS) is 10.8. The molecule has 0 bridgehead atoms. The number of fused-ring (bicyclic) bond motifs is 1. The SMILES string of the molecule is FCCn1[c]nc2ccccc21. The summed E-state index contributed by atoms with van der Waals surface area (Å²) in [5.74, 6) is 0. The Morgan fingerprint density at radius 1 is 1.42 bits per heavy atom. The highest BCUT2D eigenvalue weighted by Gasteiger charge is 1.99. The zero-order valence-corrected chi connectivity index (χ0v) is 6.50. The average Bonchev–Trinajstić information content (AvgIpc) is 2.50. The van der Waals surface area contributed by atoms with Gasteiger partial charge in [0.15, 0.2) is 6.33 Å². The van der Waals surface area contributed by atoms with Crippen LogP contribution in [0.5, 0.6) is 0 Å². The van der Waals surface area contributed by atoms with E-state index in [1.54, 1.807) is 4.57 Å². The Bertz CT molecular complexity index is 381. The molecule has 0 atom stereocenters. The number of rotatable bonds is 2. The van der Waals surface area contributed by atoms with Crippen LogP contribution in [0.3, 0.4) is 0 Å². The zero-order valence-electron chi connectivity index (χ0n) is 6.50. The molecule has 0 N–H and O–H groups in total. The van der Waals surface area contributed by atoms with Gasteiger partial charge in [-0.15, -0.1) is 0 Å². The van der Waals surface area contributed by atoms with Crippen LogP contribution < -0.4 is 0 Å². The molecule has 2 aromatic rings. The fourth-order valence-electron chi connectivity index (χ4n) is 1.21. The lowest BCUT2D eigenvalue weighted by Gasteiger charge is -1.97. The predicted octanol–water partition coefficient (Wildman–Crippen LogP) is 1.81. The van der Waals surface area contributed by atoms with E-state index in [0.29, 0.717) is 6.54 Å². The van der Waals surface area contributed by atoms with Gasteiger partial charge in [-0.1, -0.05) is 12.1 Å². The van der Waals surface area contributed by atoms with Crippen molar-refractivity contribution in [2.75, 3.05) is 6.67 Å². The summed E-state index contributed by atoms with van der Waals surface area (Å²) in [6, 6.07) is 7.62. The number of aryl methyl sites for hydroxylation is 1. The van der Waals surface area contributed by atoms with E-state index < -0.39 is 0 Å². The highest BCUT2D eigenvalue weighted by atomic mass is 19.1. The van der Waals surface area contributed by atoms with Crippen LogP contribution in [-0.2, 0) is 6.54 Å². The molecule has 2 rings (SSSR count). The van der Waals surface area contributed by atoms with Crippen LogP contribution >= 0.6 is 0 Å². The lowest BCUT2D eigenvalue weighted by atomic mass is 10.3. The Kier molecular flexibility index (Phi) is 1.78. The van der Waals surface area contributed by atoms with Gasteiger partial charge in [0.05, 0.1) is 17.6 Å². The van der Waals surface area contributed by atoms with Crippen molar-refractivity contribution in [3.8, 4) is 0 Å². The summed E-state index contributed by atoms with van der Waals surface area (Å²) in [6.07, 6.45) is 2.74. The second kappa shape index (κ2) is 2.93. The first-order chi connectivity index (χ1) is 5.92. The molecule has 0 spiro atoms. The lowest BCUT2D eigenvalue weighted by Crippen LogP contribution is -1.97. The van der Waals surface area contributed by atoms with E-state index in [2.05, 4.69) is 11.3 Å². The largest absolute Gasteiger partial charge is 0.319 e. The van der Waals surface area contributed by atoms with Gasteiger partial charge in [0.25, 0.3) is 0 Å². The van der Waals surface area contributed by atoms with Crippen molar-refractivity contribution in [2.45, 2.75) is 6.54 Å². The molecule has 0 aliphatic carbocycles. The fraction of sp³-hybridized carbons (Fsp3) is 0.222. The number of alkyl halides is 1. The van der Waals surface area contributed by atoms with Gasteiger partial charge in [-0.3, -0.25) is 0 Å². The number of nitrogens with zero attached hydrogens (tertiary/aromatic N) is 2. The van der Waals surface area contributed by atoms with Crippen molar-refractivity contribution in [3.63, 3.8) is 0 Å². The van der Waals surface area contributed by atoms with E-state index in [1.165, 1.54) is 0 Å². The highest BCUT2D eigenvalue weighted by Crippen LogP contribution is 2.10. The van der Waals surface area contributed by atoms with Gasteiger partial charge in [-0.25, -0.2) is 9.37 Å². The van der Waals surface area contributed by atoms with E-state index >= 15 is 0 Å². The van der Waals surface area contributed by atoms with Crippen molar-refractivity contribution < 1.29 is 4.39 Å². The fourth-order valence-corrected chi connectivity index (χ4v) is 1.21. The van der Waals surface area contributed by atoms with Gasteiger partial charge in [0, 0.05) is 0 Å². The molecule has 1 aromatic heterocycles. The first kappa shape index (κ1) is 7.28. The number of para-hydroxylation sites is 2. The summed E-state index contributed by atoms with van der Waals surface area (Å²) in [7, 11) is 0. The van der Waals surface area contributed by atoms with Crippen molar-refractivity contribution in [1.82, 2.24) is 9.55 Å². The smallest absolute Gasteiger partial charge is 0.177 e. The molecule has 0 aliphatic heterocycles. The maximum Gasteiger partial charge on any atom is 0.177 e. The van der Waals surface area contributed by atoms with Crippen LogP contribution in [0.1, 0.15) is 0 Å². The third kappa shape index (κ3) is 1.07. The van der Waals surface area contributed by atoms with Crippen LogP contribution in [-0.4, -0.2) is 16.2 Å². The minimum atomic E-state index is -0.378. The molecular weight excluding hydrogens is 155 g/mol. The molecule has 61 valence electrons. The average molecular weight is 163 g/mol. The maximum absolute atomic E-state index is 12.0. The van der Waals surface area contributed by atoms with E-state index in [1.807, 2.05) is 24.3 Å². The van der Waals surface area contributed by atoms with Crippen LogP contribution in [0.4, 0.5) is 4.39 Å². The Balaban J connectivity index is 2.55. The van der Waals surface area contributed by atoms with Crippen LogP contribution in [0, 0.1) is 6.33 Å². The number of benzene rings is 1. The summed E-state index contributed by atoms with van der Waals surface area (Å²) in [6.45, 7) is -0.0443. The number of halogens is 1. The van der Waals surface area contributed by atoms with Gasteiger partial charge in [-0.2, -0.15) is 0 Å². The molecule has 0 aliphatic rings. The number of hydrogen-bond donors (Lipinski definition) is 0. The summed E-state index contributed by atoms with van der Waals surface area (Å²) in [5.41, 5.74) is 1.81. The molecular formula is C9H8FN2. The van der Waals surface area contributed by atoms with Crippen molar-refractivity contribution in [3.05, 3.63) is 30.6 Å². The minimum absolute atomic E-state index is 0.334. The van der Waals surface area contributed by atoms with Crippen LogP contribution in [0.25, 0.3) is 11.0 Å². The lowest BCUT2D eigenvalue weighted by molar-refractivity contribution is 0.449. The standard InChI is InChI=1S/C9H8FN2/c10-5-6-12-7-11-8-3-1-2-4-9(8)12/h1-4H,5-6H2. The van der Waals surface area contributed by atoms with Crippen LogP contribution in [0.15, 0.2) is 24.3 Å². The summed E-state index contributed by atoms with van der Waals surface area (Å²) < 4.78 is 13.7. The molecule has 12 heavy (non-hydrogen) atoms. The Morgan fingerprint density at radius 3 is 3.08 bits per heavy atom. The summed E-state index contributed by atoms with van der Waals surface area (Å²) in [5, 5.41) is 0.